The lowest BCUT2D eigenvalue weighted by atomic mass is 10.4. The topological polar surface area (TPSA) is 66.6 Å². The maximum atomic E-state index is 8.05. The molecule has 0 bridgehead atoms. The quantitative estimate of drug-likeness (QED) is 0.380. The van der Waals surface area contributed by atoms with Crippen LogP contribution >= 0.6 is 0 Å². The van der Waals surface area contributed by atoms with E-state index >= 15 is 0 Å². The molecule has 0 aliphatic carbocycles. The molecule has 0 fully saturated rings. The van der Waals surface area contributed by atoms with Crippen molar-refractivity contribution in [3.8, 4) is 0 Å². The summed E-state index contributed by atoms with van der Waals surface area (Å²) < 4.78 is 1.99. The summed E-state index contributed by atoms with van der Waals surface area (Å²) in [5.74, 6) is 1.03. The van der Waals surface area contributed by atoms with Gasteiger partial charge in [-0.3, -0.25) is 0 Å². The van der Waals surface area contributed by atoms with Crippen LogP contribution in [0.1, 0.15) is 12.7 Å². The Morgan fingerprint density at radius 1 is 1.75 bits per heavy atom. The third kappa shape index (κ3) is 2.00. The molecule has 0 unspecified atom stereocenters. The zero-order valence-corrected chi connectivity index (χ0v) is 7.01. The van der Waals surface area contributed by atoms with Gasteiger partial charge in [-0.15, -0.1) is 0 Å². The Kier molecular flexibility index (Phi) is 3.17. The highest BCUT2D eigenvalue weighted by molar-refractivity contribution is 4.91. The van der Waals surface area contributed by atoms with E-state index in [0.717, 1.165) is 12.2 Å². The summed E-state index contributed by atoms with van der Waals surface area (Å²) in [5, 5.41) is 3.45. The van der Waals surface area contributed by atoms with Gasteiger partial charge in [-0.1, -0.05) is 12.0 Å². The largest absolute Gasteiger partial charge is 0.335 e. The first-order valence-electron chi connectivity index (χ1n) is 3.89. The molecule has 1 rings (SSSR count). The third-order valence-electron chi connectivity index (χ3n) is 1.62. The summed E-state index contributed by atoms with van der Waals surface area (Å²) >= 11 is 0. The maximum Gasteiger partial charge on any atom is 0.108 e. The second-order valence-electron chi connectivity index (χ2n) is 2.34. The van der Waals surface area contributed by atoms with Crippen LogP contribution in [0.25, 0.3) is 10.4 Å². The van der Waals surface area contributed by atoms with Crippen molar-refractivity contribution < 1.29 is 0 Å². The molecule has 1 heterocycles. The standard InChI is InChI=1S/C7H11N5/c1-2-7-9-3-5-12(7)6-4-10-11-8/h3,5H,2,4,6H2,1H3. The van der Waals surface area contributed by atoms with E-state index in [1.165, 1.54) is 0 Å². The molecule has 12 heavy (non-hydrogen) atoms. The van der Waals surface area contributed by atoms with E-state index < -0.39 is 0 Å². The number of aryl methyl sites for hydroxylation is 1. The molecule has 0 saturated heterocycles. The van der Waals surface area contributed by atoms with Crippen molar-refractivity contribution >= 4 is 0 Å². The van der Waals surface area contributed by atoms with Crippen molar-refractivity contribution in [2.75, 3.05) is 6.54 Å². The fourth-order valence-electron chi connectivity index (χ4n) is 1.06. The number of azide groups is 1. The summed E-state index contributed by atoms with van der Waals surface area (Å²) in [5.41, 5.74) is 8.05. The summed E-state index contributed by atoms with van der Waals surface area (Å²) in [6.45, 7) is 3.25. The van der Waals surface area contributed by atoms with Crippen LogP contribution < -0.4 is 0 Å². The Bertz CT molecular complexity index is 284. The van der Waals surface area contributed by atoms with Gasteiger partial charge in [0.2, 0.25) is 0 Å². The van der Waals surface area contributed by atoms with Gasteiger partial charge in [-0.05, 0) is 5.53 Å². The maximum absolute atomic E-state index is 8.05. The lowest BCUT2D eigenvalue weighted by molar-refractivity contribution is 0.665. The highest BCUT2D eigenvalue weighted by Gasteiger charge is 1.97. The summed E-state index contributed by atoms with van der Waals surface area (Å²) in [7, 11) is 0. The summed E-state index contributed by atoms with van der Waals surface area (Å²) in [6, 6.07) is 0. The van der Waals surface area contributed by atoms with Gasteiger partial charge in [0.15, 0.2) is 0 Å². The van der Waals surface area contributed by atoms with Crippen molar-refractivity contribution in [2.45, 2.75) is 19.9 Å². The molecule has 0 spiro atoms. The van der Waals surface area contributed by atoms with Crippen LogP contribution in [0.2, 0.25) is 0 Å². The normalized spacial score (nSPS) is 9.42. The van der Waals surface area contributed by atoms with E-state index in [9.17, 15) is 0 Å². The van der Waals surface area contributed by atoms with E-state index in [1.807, 2.05) is 17.7 Å². The molecule has 1 aromatic rings. The molecular formula is C7H11N5. The molecule has 5 nitrogen and oxygen atoms in total. The first-order valence-corrected chi connectivity index (χ1v) is 3.89. The minimum atomic E-state index is 0.486. The molecule has 0 atom stereocenters. The first kappa shape index (κ1) is 8.62. The molecule has 0 amide bonds. The lowest BCUT2D eigenvalue weighted by Crippen LogP contribution is -2.03. The van der Waals surface area contributed by atoms with Crippen molar-refractivity contribution in [2.24, 2.45) is 5.11 Å². The van der Waals surface area contributed by atoms with Crippen molar-refractivity contribution in [3.05, 3.63) is 28.7 Å². The number of nitrogens with zero attached hydrogens (tertiary/aromatic N) is 5. The smallest absolute Gasteiger partial charge is 0.108 e. The second-order valence-corrected chi connectivity index (χ2v) is 2.34. The Hall–Kier alpha value is -1.48. The van der Waals surface area contributed by atoms with E-state index in [4.69, 9.17) is 5.53 Å². The van der Waals surface area contributed by atoms with Gasteiger partial charge in [-0.25, -0.2) is 4.98 Å². The molecule has 1 aromatic heterocycles. The highest BCUT2D eigenvalue weighted by atomic mass is 15.2. The molecule has 0 radical (unpaired) electrons. The number of imidazole rings is 1. The van der Waals surface area contributed by atoms with E-state index in [-0.39, 0.29) is 0 Å². The van der Waals surface area contributed by atoms with Gasteiger partial charge >= 0.3 is 0 Å². The minimum Gasteiger partial charge on any atom is -0.335 e. The first-order chi connectivity index (χ1) is 5.88. The Morgan fingerprint density at radius 3 is 3.25 bits per heavy atom. The van der Waals surface area contributed by atoms with Crippen LogP contribution in [0.3, 0.4) is 0 Å². The van der Waals surface area contributed by atoms with Crippen LogP contribution in [-0.4, -0.2) is 16.1 Å². The van der Waals surface area contributed by atoms with Crippen molar-refractivity contribution in [1.82, 2.24) is 9.55 Å². The molecule has 0 aliphatic heterocycles. The van der Waals surface area contributed by atoms with Crippen LogP contribution in [0.15, 0.2) is 17.5 Å². The van der Waals surface area contributed by atoms with Gasteiger partial charge in [0.1, 0.15) is 5.82 Å². The molecule has 0 saturated carbocycles. The average molecular weight is 165 g/mol. The van der Waals surface area contributed by atoms with E-state index in [1.54, 1.807) is 6.20 Å². The number of hydrogen-bond donors (Lipinski definition) is 0. The van der Waals surface area contributed by atoms with Crippen molar-refractivity contribution in [1.29, 1.82) is 0 Å². The molecule has 0 N–H and O–H groups in total. The van der Waals surface area contributed by atoms with E-state index in [0.29, 0.717) is 13.1 Å². The zero-order chi connectivity index (χ0) is 8.81. The average Bonchev–Trinajstić information content (AvgIpc) is 2.52. The lowest BCUT2D eigenvalue weighted by Gasteiger charge is -2.01. The van der Waals surface area contributed by atoms with Gasteiger partial charge in [0, 0.05) is 36.8 Å². The van der Waals surface area contributed by atoms with Crippen LogP contribution in [0.5, 0.6) is 0 Å². The molecular weight excluding hydrogens is 154 g/mol. The fourth-order valence-corrected chi connectivity index (χ4v) is 1.06. The van der Waals surface area contributed by atoms with E-state index in [2.05, 4.69) is 15.0 Å². The molecule has 0 aliphatic rings. The molecule has 0 aromatic carbocycles. The fraction of sp³-hybridized carbons (Fsp3) is 0.571. The van der Waals surface area contributed by atoms with Crippen LogP contribution in [0, 0.1) is 0 Å². The summed E-state index contributed by atoms with van der Waals surface area (Å²) in [6.07, 6.45) is 4.56. The van der Waals surface area contributed by atoms with Crippen LogP contribution in [0.4, 0.5) is 0 Å². The Balaban J connectivity index is 2.55. The van der Waals surface area contributed by atoms with Crippen molar-refractivity contribution in [3.63, 3.8) is 0 Å². The third-order valence-corrected chi connectivity index (χ3v) is 1.62. The number of hydrogen-bond acceptors (Lipinski definition) is 2. The summed E-state index contributed by atoms with van der Waals surface area (Å²) in [4.78, 5) is 6.82. The number of aromatic nitrogens is 2. The van der Waals surface area contributed by atoms with Gasteiger partial charge in [0.25, 0.3) is 0 Å². The zero-order valence-electron chi connectivity index (χ0n) is 7.01. The minimum absolute atomic E-state index is 0.486. The molecule has 64 valence electrons. The number of rotatable bonds is 4. The van der Waals surface area contributed by atoms with Gasteiger partial charge < -0.3 is 4.57 Å². The Morgan fingerprint density at radius 2 is 2.58 bits per heavy atom. The molecule has 5 heteroatoms. The highest BCUT2D eigenvalue weighted by Crippen LogP contribution is 1.97. The predicted molar refractivity (Wildman–Crippen MR) is 45.6 cm³/mol. The van der Waals surface area contributed by atoms with Crippen LogP contribution in [-0.2, 0) is 13.0 Å². The van der Waals surface area contributed by atoms with Gasteiger partial charge in [0.05, 0.1) is 0 Å². The SMILES string of the molecule is CCc1nccn1CCN=[N+]=[N-]. The second kappa shape index (κ2) is 4.41. The monoisotopic (exact) mass is 165 g/mol. The Labute approximate surface area is 70.7 Å². The van der Waals surface area contributed by atoms with Gasteiger partial charge in [-0.2, -0.15) is 0 Å². The predicted octanol–water partition coefficient (Wildman–Crippen LogP) is 1.76.